The highest BCUT2D eigenvalue weighted by atomic mass is 16.2. The molecule has 18 heavy (non-hydrogen) atoms. The topological polar surface area (TPSA) is 46.3 Å². The van der Waals surface area contributed by atoms with Gasteiger partial charge in [-0.25, -0.2) is 0 Å². The zero-order valence-corrected chi connectivity index (χ0v) is 11.1. The number of rotatable bonds is 3. The number of nitrogens with zero attached hydrogens (tertiary/aromatic N) is 1. The Hall–Kier alpha value is -1.51. The fourth-order valence-electron chi connectivity index (χ4n) is 2.73. The molecule has 1 amide bonds. The van der Waals surface area contributed by atoms with E-state index >= 15 is 0 Å². The number of benzene rings is 1. The summed E-state index contributed by atoms with van der Waals surface area (Å²) >= 11 is 0. The fourth-order valence-corrected chi connectivity index (χ4v) is 2.73. The van der Waals surface area contributed by atoms with Crippen molar-refractivity contribution in [3.63, 3.8) is 0 Å². The average Bonchev–Trinajstić information content (AvgIpc) is 2.39. The summed E-state index contributed by atoms with van der Waals surface area (Å²) in [7, 11) is 1.89. The van der Waals surface area contributed by atoms with Crippen molar-refractivity contribution in [1.82, 2.24) is 4.90 Å². The van der Waals surface area contributed by atoms with Gasteiger partial charge >= 0.3 is 0 Å². The van der Waals surface area contributed by atoms with Crippen LogP contribution in [0.4, 0.5) is 5.69 Å². The van der Waals surface area contributed by atoms with Gasteiger partial charge in [0.05, 0.1) is 0 Å². The van der Waals surface area contributed by atoms with E-state index in [1.807, 2.05) is 24.1 Å². The molecule has 1 saturated carbocycles. The summed E-state index contributed by atoms with van der Waals surface area (Å²) in [6.45, 7) is 0.869. The maximum Gasteiger partial charge on any atom is 0.253 e. The van der Waals surface area contributed by atoms with Crippen LogP contribution in [0.25, 0.3) is 0 Å². The van der Waals surface area contributed by atoms with Gasteiger partial charge in [0, 0.05) is 24.8 Å². The first-order valence-electron chi connectivity index (χ1n) is 6.78. The first kappa shape index (κ1) is 12.9. The minimum absolute atomic E-state index is 0.0767. The van der Waals surface area contributed by atoms with E-state index in [9.17, 15) is 4.79 Å². The molecule has 2 N–H and O–H groups in total. The van der Waals surface area contributed by atoms with E-state index in [0.29, 0.717) is 17.2 Å². The number of nitrogens with two attached hydrogens (primary N) is 1. The molecular weight excluding hydrogens is 224 g/mol. The van der Waals surface area contributed by atoms with Gasteiger partial charge in [0.1, 0.15) is 0 Å². The van der Waals surface area contributed by atoms with Crippen LogP contribution in [0.3, 0.4) is 0 Å². The van der Waals surface area contributed by atoms with Crippen LogP contribution < -0.4 is 5.73 Å². The molecule has 0 saturated heterocycles. The van der Waals surface area contributed by atoms with Crippen molar-refractivity contribution in [3.05, 3.63) is 29.8 Å². The van der Waals surface area contributed by atoms with Crippen molar-refractivity contribution in [2.24, 2.45) is 5.92 Å². The molecule has 0 bridgehead atoms. The standard InChI is InChI=1S/C15H22N2O/c1-17(11-12-6-3-2-4-7-12)15(18)13-8-5-9-14(16)10-13/h5,8-10,12H,2-4,6-7,11,16H2,1H3. The lowest BCUT2D eigenvalue weighted by atomic mass is 9.89. The number of amides is 1. The average molecular weight is 246 g/mol. The van der Waals surface area contributed by atoms with Crippen LogP contribution >= 0.6 is 0 Å². The molecule has 3 heteroatoms. The van der Waals surface area contributed by atoms with E-state index < -0.39 is 0 Å². The predicted octanol–water partition coefficient (Wildman–Crippen LogP) is 2.92. The lowest BCUT2D eigenvalue weighted by Gasteiger charge is -2.27. The Balaban J connectivity index is 1.95. The lowest BCUT2D eigenvalue weighted by molar-refractivity contribution is 0.0760. The normalized spacial score (nSPS) is 16.5. The highest BCUT2D eigenvalue weighted by molar-refractivity contribution is 5.94. The Morgan fingerprint density at radius 3 is 2.72 bits per heavy atom. The van der Waals surface area contributed by atoms with Crippen molar-refractivity contribution >= 4 is 11.6 Å². The quantitative estimate of drug-likeness (QED) is 0.833. The Morgan fingerprint density at radius 2 is 2.06 bits per heavy atom. The Bertz CT molecular complexity index is 411. The molecule has 3 nitrogen and oxygen atoms in total. The van der Waals surface area contributed by atoms with E-state index in [-0.39, 0.29) is 5.91 Å². The second kappa shape index (κ2) is 5.89. The van der Waals surface area contributed by atoms with Gasteiger partial charge < -0.3 is 10.6 Å². The molecule has 1 aliphatic carbocycles. The number of carbonyl (C=O) groups excluding carboxylic acids is 1. The van der Waals surface area contributed by atoms with Crippen molar-refractivity contribution in [3.8, 4) is 0 Å². The summed E-state index contributed by atoms with van der Waals surface area (Å²) in [6, 6.07) is 7.21. The van der Waals surface area contributed by atoms with E-state index in [1.165, 1.54) is 32.1 Å². The molecule has 1 fully saturated rings. The summed E-state index contributed by atoms with van der Waals surface area (Å²) < 4.78 is 0. The van der Waals surface area contributed by atoms with Gasteiger partial charge in [-0.05, 0) is 37.0 Å². The van der Waals surface area contributed by atoms with Crippen molar-refractivity contribution in [1.29, 1.82) is 0 Å². The van der Waals surface area contributed by atoms with Gasteiger partial charge in [0.15, 0.2) is 0 Å². The van der Waals surface area contributed by atoms with Crippen LogP contribution in [0.2, 0.25) is 0 Å². The fraction of sp³-hybridized carbons (Fsp3) is 0.533. The van der Waals surface area contributed by atoms with Crippen molar-refractivity contribution in [2.45, 2.75) is 32.1 Å². The Morgan fingerprint density at radius 1 is 1.33 bits per heavy atom. The molecule has 0 atom stereocenters. The van der Waals surface area contributed by atoms with Crippen LogP contribution in [0.15, 0.2) is 24.3 Å². The molecule has 1 aromatic rings. The SMILES string of the molecule is CN(CC1CCCCC1)C(=O)c1cccc(N)c1. The highest BCUT2D eigenvalue weighted by Crippen LogP contribution is 2.24. The zero-order valence-electron chi connectivity index (χ0n) is 11.1. The molecule has 0 unspecified atom stereocenters. The third-order valence-corrected chi connectivity index (χ3v) is 3.74. The number of hydrogen-bond donors (Lipinski definition) is 1. The van der Waals surface area contributed by atoms with E-state index in [0.717, 1.165) is 6.54 Å². The van der Waals surface area contributed by atoms with Gasteiger partial charge in [-0.15, -0.1) is 0 Å². The van der Waals surface area contributed by atoms with Gasteiger partial charge in [0.2, 0.25) is 0 Å². The largest absolute Gasteiger partial charge is 0.399 e. The summed E-state index contributed by atoms with van der Waals surface area (Å²) in [5.74, 6) is 0.752. The first-order chi connectivity index (χ1) is 8.66. The summed E-state index contributed by atoms with van der Waals surface area (Å²) in [6.07, 6.45) is 6.49. The Kier molecular flexibility index (Phi) is 4.24. The maximum absolute atomic E-state index is 12.2. The van der Waals surface area contributed by atoms with Crippen molar-refractivity contribution in [2.75, 3.05) is 19.3 Å². The first-order valence-corrected chi connectivity index (χ1v) is 6.78. The summed E-state index contributed by atoms with van der Waals surface area (Å²) in [5, 5.41) is 0. The maximum atomic E-state index is 12.2. The third kappa shape index (κ3) is 3.25. The molecule has 2 rings (SSSR count). The minimum Gasteiger partial charge on any atom is -0.399 e. The number of anilines is 1. The lowest BCUT2D eigenvalue weighted by Crippen LogP contribution is -2.32. The molecule has 0 spiro atoms. The van der Waals surface area contributed by atoms with Gasteiger partial charge in [-0.2, -0.15) is 0 Å². The molecule has 0 aliphatic heterocycles. The second-order valence-electron chi connectivity index (χ2n) is 5.32. The van der Waals surface area contributed by atoms with Gasteiger partial charge in [-0.3, -0.25) is 4.79 Å². The molecular formula is C15H22N2O. The van der Waals surface area contributed by atoms with Gasteiger partial charge in [0.25, 0.3) is 5.91 Å². The molecule has 0 aromatic heterocycles. The molecule has 1 aromatic carbocycles. The summed E-state index contributed by atoms with van der Waals surface area (Å²) in [4.78, 5) is 14.1. The molecule has 1 aliphatic rings. The van der Waals surface area contributed by atoms with Crippen molar-refractivity contribution < 1.29 is 4.79 Å². The van der Waals surface area contributed by atoms with Gasteiger partial charge in [-0.1, -0.05) is 25.3 Å². The predicted molar refractivity (Wildman–Crippen MR) is 74.4 cm³/mol. The van der Waals surface area contributed by atoms with E-state index in [1.54, 1.807) is 12.1 Å². The zero-order chi connectivity index (χ0) is 13.0. The molecule has 0 heterocycles. The number of carbonyl (C=O) groups is 1. The minimum atomic E-state index is 0.0767. The summed E-state index contributed by atoms with van der Waals surface area (Å²) in [5.41, 5.74) is 7.04. The molecule has 98 valence electrons. The highest BCUT2D eigenvalue weighted by Gasteiger charge is 2.19. The monoisotopic (exact) mass is 246 g/mol. The van der Waals surface area contributed by atoms with E-state index in [2.05, 4.69) is 0 Å². The molecule has 0 radical (unpaired) electrons. The Labute approximate surface area is 109 Å². The van der Waals surface area contributed by atoms with Crippen LogP contribution in [-0.4, -0.2) is 24.4 Å². The van der Waals surface area contributed by atoms with Crippen LogP contribution in [0.5, 0.6) is 0 Å². The smallest absolute Gasteiger partial charge is 0.253 e. The van der Waals surface area contributed by atoms with Crippen LogP contribution in [-0.2, 0) is 0 Å². The van der Waals surface area contributed by atoms with E-state index in [4.69, 9.17) is 5.73 Å². The van der Waals surface area contributed by atoms with Crippen LogP contribution in [0, 0.1) is 5.92 Å². The third-order valence-electron chi connectivity index (χ3n) is 3.74. The number of nitrogen functional groups attached to an aromatic ring is 1. The second-order valence-corrected chi connectivity index (χ2v) is 5.32. The number of hydrogen-bond acceptors (Lipinski definition) is 2. The van der Waals surface area contributed by atoms with Crippen LogP contribution in [0.1, 0.15) is 42.5 Å².